The van der Waals surface area contributed by atoms with Gasteiger partial charge in [-0.25, -0.2) is 0 Å². The fraction of sp³-hybridized carbons (Fsp3) is 0.333. The summed E-state index contributed by atoms with van der Waals surface area (Å²) in [5.41, 5.74) is 7.82. The number of aromatic nitrogens is 2. The van der Waals surface area contributed by atoms with Gasteiger partial charge >= 0.3 is 0 Å². The molecule has 0 amide bonds. The van der Waals surface area contributed by atoms with Gasteiger partial charge in [-0.2, -0.15) is 0 Å². The minimum Gasteiger partial charge on any atom is -0.361 e. The molecule has 4 aromatic rings. The zero-order valence-electron chi connectivity index (χ0n) is 16.9. The second-order valence-corrected chi connectivity index (χ2v) is 10.7. The maximum Gasteiger partial charge on any atom is 0.0594 e. The number of nitrogens with one attached hydrogen (secondary N) is 2. The van der Waals surface area contributed by atoms with E-state index in [4.69, 9.17) is 0 Å². The van der Waals surface area contributed by atoms with E-state index in [-0.39, 0.29) is 10.8 Å². The summed E-state index contributed by atoms with van der Waals surface area (Å²) in [5.74, 6) is 0. The molecule has 0 fully saturated rings. The summed E-state index contributed by atoms with van der Waals surface area (Å²) in [5, 5.41) is 2.55. The van der Waals surface area contributed by atoms with E-state index in [9.17, 15) is 0 Å². The monoisotopic (exact) mass is 470 g/mol. The van der Waals surface area contributed by atoms with Crippen LogP contribution in [-0.4, -0.2) is 9.97 Å². The number of fused-ring (bicyclic) bond motifs is 2. The van der Waals surface area contributed by atoms with Gasteiger partial charge in [0, 0.05) is 31.8 Å². The smallest absolute Gasteiger partial charge is 0.0594 e. The van der Waals surface area contributed by atoms with Gasteiger partial charge in [0.05, 0.1) is 11.0 Å². The van der Waals surface area contributed by atoms with Gasteiger partial charge in [-0.3, -0.25) is 0 Å². The third kappa shape index (κ3) is 3.31. The molecule has 3 heteroatoms. The Morgan fingerprint density at radius 1 is 0.741 bits per heavy atom. The zero-order chi connectivity index (χ0) is 19.6. The van der Waals surface area contributed by atoms with Crippen LogP contribution < -0.4 is 0 Å². The molecular formula is C24H27IN2. The summed E-state index contributed by atoms with van der Waals surface area (Å²) < 4.78 is 1.27. The van der Waals surface area contributed by atoms with Gasteiger partial charge in [-0.05, 0) is 80.9 Å². The number of H-pyrrole nitrogens is 2. The van der Waals surface area contributed by atoms with Crippen molar-refractivity contribution in [2.24, 2.45) is 0 Å². The van der Waals surface area contributed by atoms with Crippen LogP contribution in [0.25, 0.3) is 33.1 Å². The third-order valence-corrected chi connectivity index (χ3v) is 6.21. The fourth-order valence-electron chi connectivity index (χ4n) is 3.60. The van der Waals surface area contributed by atoms with Gasteiger partial charge in [0.25, 0.3) is 0 Å². The molecule has 2 nitrogen and oxygen atoms in total. The van der Waals surface area contributed by atoms with E-state index in [1.54, 1.807) is 0 Å². The molecule has 0 spiro atoms. The van der Waals surface area contributed by atoms with Gasteiger partial charge in [-0.15, -0.1) is 0 Å². The first-order valence-corrected chi connectivity index (χ1v) is 10.6. The molecule has 0 radical (unpaired) electrons. The van der Waals surface area contributed by atoms with E-state index in [2.05, 4.69) is 110 Å². The largest absolute Gasteiger partial charge is 0.361 e. The molecule has 0 aliphatic heterocycles. The Bertz CT molecular complexity index is 1150. The highest BCUT2D eigenvalue weighted by atomic mass is 127. The number of hydrogen-bond donors (Lipinski definition) is 2. The number of aromatic amines is 2. The molecule has 0 unspecified atom stereocenters. The minimum atomic E-state index is 0.111. The number of hydrogen-bond acceptors (Lipinski definition) is 0. The lowest BCUT2D eigenvalue weighted by atomic mass is 9.85. The standard InChI is InChI=1S/C24H27IN2/c1-23(2,3)16-9-14-7-8-26-21(14)18(12-16)20-11-15-10-17(24(4,5)6)13-19(25)22(15)27-20/h7-13,26-27H,1-6H3. The molecule has 0 saturated heterocycles. The van der Waals surface area contributed by atoms with Crippen LogP contribution in [0.15, 0.2) is 42.6 Å². The van der Waals surface area contributed by atoms with E-state index >= 15 is 0 Å². The van der Waals surface area contributed by atoms with Crippen molar-refractivity contribution in [1.29, 1.82) is 0 Å². The molecular weight excluding hydrogens is 443 g/mol. The Labute approximate surface area is 174 Å². The second kappa shape index (κ2) is 6.13. The Kier molecular flexibility index (Phi) is 4.22. The van der Waals surface area contributed by atoms with Crippen LogP contribution in [-0.2, 0) is 10.8 Å². The zero-order valence-corrected chi connectivity index (χ0v) is 19.1. The summed E-state index contributed by atoms with van der Waals surface area (Å²) in [4.78, 5) is 7.13. The van der Waals surface area contributed by atoms with Crippen molar-refractivity contribution >= 4 is 44.4 Å². The van der Waals surface area contributed by atoms with Gasteiger partial charge in [0.15, 0.2) is 0 Å². The predicted molar refractivity (Wildman–Crippen MR) is 126 cm³/mol. The van der Waals surface area contributed by atoms with Gasteiger partial charge in [0.1, 0.15) is 0 Å². The third-order valence-electron chi connectivity index (χ3n) is 5.36. The minimum absolute atomic E-state index is 0.111. The fourth-order valence-corrected chi connectivity index (χ4v) is 4.38. The van der Waals surface area contributed by atoms with Gasteiger partial charge < -0.3 is 9.97 Å². The van der Waals surface area contributed by atoms with Crippen LogP contribution in [0.1, 0.15) is 52.7 Å². The summed E-state index contributed by atoms with van der Waals surface area (Å²) >= 11 is 2.45. The molecule has 0 atom stereocenters. The van der Waals surface area contributed by atoms with Crippen LogP contribution in [0.2, 0.25) is 0 Å². The van der Waals surface area contributed by atoms with Gasteiger partial charge in [0.2, 0.25) is 0 Å². The van der Waals surface area contributed by atoms with Crippen LogP contribution >= 0.6 is 22.6 Å². The first kappa shape index (κ1) is 18.6. The maximum absolute atomic E-state index is 3.69. The van der Waals surface area contributed by atoms with Crippen molar-refractivity contribution in [3.05, 3.63) is 57.3 Å². The molecule has 0 bridgehead atoms. The average molecular weight is 470 g/mol. The van der Waals surface area contributed by atoms with Crippen molar-refractivity contribution in [3.63, 3.8) is 0 Å². The van der Waals surface area contributed by atoms with Crippen LogP contribution in [0.5, 0.6) is 0 Å². The van der Waals surface area contributed by atoms with Crippen LogP contribution in [0.4, 0.5) is 0 Å². The van der Waals surface area contributed by atoms with E-state index in [0.717, 1.165) is 0 Å². The number of benzene rings is 2. The van der Waals surface area contributed by atoms with E-state index in [0.29, 0.717) is 0 Å². The van der Waals surface area contributed by atoms with Crippen molar-refractivity contribution in [3.8, 4) is 11.3 Å². The highest BCUT2D eigenvalue weighted by Gasteiger charge is 2.20. The van der Waals surface area contributed by atoms with Crippen molar-refractivity contribution in [2.45, 2.75) is 52.4 Å². The average Bonchev–Trinajstić information content (AvgIpc) is 3.18. The molecule has 140 valence electrons. The highest BCUT2D eigenvalue weighted by Crippen LogP contribution is 2.37. The molecule has 2 heterocycles. The van der Waals surface area contributed by atoms with Crippen molar-refractivity contribution < 1.29 is 0 Å². The lowest BCUT2D eigenvalue weighted by Gasteiger charge is -2.20. The lowest BCUT2D eigenvalue weighted by Crippen LogP contribution is -2.11. The van der Waals surface area contributed by atoms with E-state index in [1.165, 1.54) is 47.8 Å². The first-order chi connectivity index (χ1) is 12.5. The Hall–Kier alpha value is -1.75. The molecule has 2 aromatic carbocycles. The van der Waals surface area contributed by atoms with Crippen molar-refractivity contribution in [1.82, 2.24) is 9.97 Å². The van der Waals surface area contributed by atoms with Crippen LogP contribution in [0.3, 0.4) is 0 Å². The summed E-state index contributed by atoms with van der Waals surface area (Å²) in [6.45, 7) is 13.6. The molecule has 0 aliphatic carbocycles. The van der Waals surface area contributed by atoms with Gasteiger partial charge in [-0.1, -0.05) is 41.5 Å². The van der Waals surface area contributed by atoms with E-state index < -0.39 is 0 Å². The molecule has 2 aromatic heterocycles. The molecule has 4 rings (SSSR count). The lowest BCUT2D eigenvalue weighted by molar-refractivity contribution is 0.590. The Balaban J connectivity index is 1.97. The normalized spacial score (nSPS) is 13.0. The summed E-state index contributed by atoms with van der Waals surface area (Å²) in [6, 6.07) is 13.7. The Morgan fingerprint density at radius 2 is 1.37 bits per heavy atom. The molecule has 27 heavy (non-hydrogen) atoms. The quantitative estimate of drug-likeness (QED) is 0.270. The molecule has 0 aliphatic rings. The SMILES string of the molecule is CC(C)(C)c1cc(I)c2[nH]c(-c3cc(C(C)(C)C)cc4cc[nH]c34)cc2c1. The number of halogens is 1. The maximum atomic E-state index is 3.69. The van der Waals surface area contributed by atoms with E-state index in [1.807, 2.05) is 6.20 Å². The first-order valence-electron chi connectivity index (χ1n) is 9.49. The summed E-state index contributed by atoms with van der Waals surface area (Å²) in [7, 11) is 0. The Morgan fingerprint density at radius 3 is 2.04 bits per heavy atom. The predicted octanol–water partition coefficient (Wildman–Crippen LogP) is 7.52. The van der Waals surface area contributed by atoms with Crippen LogP contribution in [0, 0.1) is 3.57 Å². The highest BCUT2D eigenvalue weighted by molar-refractivity contribution is 14.1. The van der Waals surface area contributed by atoms with Crippen molar-refractivity contribution in [2.75, 3.05) is 0 Å². The second-order valence-electron chi connectivity index (χ2n) is 9.57. The molecule has 0 saturated carbocycles. The molecule has 2 N–H and O–H groups in total. The summed E-state index contributed by atoms with van der Waals surface area (Å²) in [6.07, 6.45) is 2.03. The topological polar surface area (TPSA) is 31.6 Å². The number of rotatable bonds is 1.